The predicted molar refractivity (Wildman–Crippen MR) is 86.3 cm³/mol. The van der Waals surface area contributed by atoms with E-state index in [9.17, 15) is 4.79 Å². The van der Waals surface area contributed by atoms with Crippen LogP contribution in [0.1, 0.15) is 56.5 Å². The summed E-state index contributed by atoms with van der Waals surface area (Å²) < 4.78 is 0. The molecule has 2 N–H and O–H groups in total. The van der Waals surface area contributed by atoms with E-state index >= 15 is 0 Å². The van der Waals surface area contributed by atoms with Gasteiger partial charge in [0.2, 0.25) is 0 Å². The molecule has 1 amide bonds. The van der Waals surface area contributed by atoms with Gasteiger partial charge in [0.05, 0.1) is 5.56 Å². The van der Waals surface area contributed by atoms with E-state index in [1.807, 2.05) is 32.0 Å². The van der Waals surface area contributed by atoms with Gasteiger partial charge < -0.3 is 10.6 Å². The SMILES string of the molecule is CCNc1ccc(C)cc1C(=O)NC(C)C(CC)CC. The molecule has 1 unspecified atom stereocenters. The third kappa shape index (κ3) is 4.26. The van der Waals surface area contributed by atoms with Crippen LogP contribution in [-0.4, -0.2) is 18.5 Å². The number of carbonyl (C=O) groups is 1. The number of rotatable bonds is 7. The minimum atomic E-state index is 0.0176. The Morgan fingerprint density at radius 1 is 1.20 bits per heavy atom. The number of nitrogens with one attached hydrogen (secondary N) is 2. The van der Waals surface area contributed by atoms with Crippen LogP contribution in [0, 0.1) is 12.8 Å². The standard InChI is InChI=1S/C17H28N2O/c1-6-14(7-2)13(5)19-17(20)15-11-12(4)9-10-16(15)18-8-3/h9-11,13-14,18H,6-8H2,1-5H3,(H,19,20). The van der Waals surface area contributed by atoms with Gasteiger partial charge >= 0.3 is 0 Å². The van der Waals surface area contributed by atoms with Gasteiger partial charge in [0.1, 0.15) is 0 Å². The first-order valence-electron chi connectivity index (χ1n) is 7.68. The fourth-order valence-corrected chi connectivity index (χ4v) is 2.59. The van der Waals surface area contributed by atoms with Crippen molar-refractivity contribution in [1.29, 1.82) is 0 Å². The molecule has 1 atom stereocenters. The van der Waals surface area contributed by atoms with Gasteiger partial charge in [0.25, 0.3) is 5.91 Å². The Bertz CT molecular complexity index is 439. The second-order valence-electron chi connectivity index (χ2n) is 5.42. The van der Waals surface area contributed by atoms with E-state index in [2.05, 4.69) is 31.4 Å². The van der Waals surface area contributed by atoms with Crippen molar-refractivity contribution in [2.24, 2.45) is 5.92 Å². The average Bonchev–Trinajstić information content (AvgIpc) is 2.42. The Kier molecular flexibility index (Phi) is 6.56. The van der Waals surface area contributed by atoms with E-state index in [1.54, 1.807) is 0 Å². The number of anilines is 1. The molecule has 0 saturated carbocycles. The molecule has 20 heavy (non-hydrogen) atoms. The predicted octanol–water partition coefficient (Wildman–Crippen LogP) is 3.98. The fraction of sp³-hybridized carbons (Fsp3) is 0.588. The minimum absolute atomic E-state index is 0.0176. The largest absolute Gasteiger partial charge is 0.385 e. The monoisotopic (exact) mass is 276 g/mol. The molecule has 112 valence electrons. The summed E-state index contributed by atoms with van der Waals surface area (Å²) in [7, 11) is 0. The number of carbonyl (C=O) groups excluding carboxylic acids is 1. The van der Waals surface area contributed by atoms with E-state index in [-0.39, 0.29) is 11.9 Å². The molecule has 0 aromatic heterocycles. The van der Waals surface area contributed by atoms with Crippen molar-refractivity contribution in [3.8, 4) is 0 Å². The summed E-state index contributed by atoms with van der Waals surface area (Å²) in [5, 5.41) is 6.40. The van der Waals surface area contributed by atoms with Crippen LogP contribution in [0.25, 0.3) is 0 Å². The molecule has 0 fully saturated rings. The molecule has 0 heterocycles. The molecule has 0 bridgehead atoms. The molecule has 1 aromatic rings. The highest BCUT2D eigenvalue weighted by molar-refractivity contribution is 6.00. The van der Waals surface area contributed by atoms with Crippen LogP contribution in [-0.2, 0) is 0 Å². The lowest BCUT2D eigenvalue weighted by Gasteiger charge is -2.23. The maximum atomic E-state index is 12.5. The lowest BCUT2D eigenvalue weighted by molar-refractivity contribution is 0.0926. The Labute approximate surface area is 123 Å². The van der Waals surface area contributed by atoms with E-state index < -0.39 is 0 Å². The normalized spacial score (nSPS) is 12.3. The summed E-state index contributed by atoms with van der Waals surface area (Å²) in [5.41, 5.74) is 2.75. The molecule has 0 radical (unpaired) electrons. The zero-order valence-corrected chi connectivity index (χ0v) is 13.4. The van der Waals surface area contributed by atoms with Gasteiger partial charge in [0, 0.05) is 18.3 Å². The topological polar surface area (TPSA) is 41.1 Å². The lowest BCUT2D eigenvalue weighted by Crippen LogP contribution is -2.38. The second kappa shape index (κ2) is 7.93. The van der Waals surface area contributed by atoms with Crippen molar-refractivity contribution >= 4 is 11.6 Å². The molecular formula is C17H28N2O. The molecule has 1 rings (SSSR count). The van der Waals surface area contributed by atoms with Gasteiger partial charge in [-0.05, 0) is 38.8 Å². The van der Waals surface area contributed by atoms with Crippen molar-refractivity contribution in [1.82, 2.24) is 5.32 Å². The van der Waals surface area contributed by atoms with Crippen LogP contribution in [0.3, 0.4) is 0 Å². The van der Waals surface area contributed by atoms with Gasteiger partial charge in [0.15, 0.2) is 0 Å². The van der Waals surface area contributed by atoms with Gasteiger partial charge in [-0.25, -0.2) is 0 Å². The molecule has 0 aliphatic rings. The first-order chi connectivity index (χ1) is 9.53. The Morgan fingerprint density at radius 2 is 1.85 bits per heavy atom. The van der Waals surface area contributed by atoms with Crippen LogP contribution in [0.2, 0.25) is 0 Å². The number of amides is 1. The summed E-state index contributed by atoms with van der Waals surface area (Å²) >= 11 is 0. The van der Waals surface area contributed by atoms with Gasteiger partial charge in [-0.1, -0.05) is 38.3 Å². The van der Waals surface area contributed by atoms with Crippen LogP contribution in [0.4, 0.5) is 5.69 Å². The molecule has 0 spiro atoms. The number of hydrogen-bond donors (Lipinski definition) is 2. The van der Waals surface area contributed by atoms with Gasteiger partial charge in [-0.3, -0.25) is 4.79 Å². The lowest BCUT2D eigenvalue weighted by atomic mass is 9.95. The summed E-state index contributed by atoms with van der Waals surface area (Å²) in [5.74, 6) is 0.551. The van der Waals surface area contributed by atoms with Crippen LogP contribution in [0.5, 0.6) is 0 Å². The van der Waals surface area contributed by atoms with E-state index in [1.165, 1.54) is 0 Å². The number of benzene rings is 1. The van der Waals surface area contributed by atoms with Crippen molar-refractivity contribution < 1.29 is 4.79 Å². The molecule has 0 aliphatic heterocycles. The van der Waals surface area contributed by atoms with Crippen LogP contribution < -0.4 is 10.6 Å². The molecule has 3 nitrogen and oxygen atoms in total. The van der Waals surface area contributed by atoms with Crippen LogP contribution >= 0.6 is 0 Å². The third-order valence-corrected chi connectivity index (χ3v) is 3.90. The number of hydrogen-bond acceptors (Lipinski definition) is 2. The quantitative estimate of drug-likeness (QED) is 0.791. The molecule has 3 heteroatoms. The van der Waals surface area contributed by atoms with Crippen molar-refractivity contribution in [2.75, 3.05) is 11.9 Å². The smallest absolute Gasteiger partial charge is 0.253 e. The molecule has 1 aromatic carbocycles. The second-order valence-corrected chi connectivity index (χ2v) is 5.42. The zero-order chi connectivity index (χ0) is 15.1. The molecular weight excluding hydrogens is 248 g/mol. The van der Waals surface area contributed by atoms with Gasteiger partial charge in [-0.2, -0.15) is 0 Å². The zero-order valence-electron chi connectivity index (χ0n) is 13.4. The summed E-state index contributed by atoms with van der Waals surface area (Å²) in [6.45, 7) is 11.3. The van der Waals surface area contributed by atoms with E-state index in [4.69, 9.17) is 0 Å². The maximum absolute atomic E-state index is 12.5. The third-order valence-electron chi connectivity index (χ3n) is 3.90. The highest BCUT2D eigenvalue weighted by atomic mass is 16.1. The fourth-order valence-electron chi connectivity index (χ4n) is 2.59. The number of aryl methyl sites for hydroxylation is 1. The van der Waals surface area contributed by atoms with Gasteiger partial charge in [-0.15, -0.1) is 0 Å². The summed E-state index contributed by atoms with van der Waals surface area (Å²) in [6, 6.07) is 6.16. The summed E-state index contributed by atoms with van der Waals surface area (Å²) in [6.07, 6.45) is 2.18. The Hall–Kier alpha value is -1.51. The Morgan fingerprint density at radius 3 is 2.40 bits per heavy atom. The average molecular weight is 276 g/mol. The van der Waals surface area contributed by atoms with E-state index in [0.717, 1.165) is 36.2 Å². The van der Waals surface area contributed by atoms with Crippen molar-refractivity contribution in [2.45, 2.75) is 53.5 Å². The first-order valence-corrected chi connectivity index (χ1v) is 7.68. The summed E-state index contributed by atoms with van der Waals surface area (Å²) in [4.78, 5) is 12.5. The maximum Gasteiger partial charge on any atom is 0.253 e. The highest BCUT2D eigenvalue weighted by Gasteiger charge is 2.18. The van der Waals surface area contributed by atoms with Crippen LogP contribution in [0.15, 0.2) is 18.2 Å². The molecule has 0 saturated heterocycles. The van der Waals surface area contributed by atoms with Crippen molar-refractivity contribution in [3.63, 3.8) is 0 Å². The van der Waals surface area contributed by atoms with E-state index in [0.29, 0.717) is 5.92 Å². The first kappa shape index (κ1) is 16.5. The highest BCUT2D eigenvalue weighted by Crippen LogP contribution is 2.19. The van der Waals surface area contributed by atoms with Crippen molar-refractivity contribution in [3.05, 3.63) is 29.3 Å². The molecule has 0 aliphatic carbocycles. The minimum Gasteiger partial charge on any atom is -0.385 e. The Balaban J connectivity index is 2.88.